The predicted molar refractivity (Wildman–Crippen MR) is 88.5 cm³/mol. The van der Waals surface area contributed by atoms with E-state index in [0.29, 0.717) is 0 Å². The van der Waals surface area contributed by atoms with Crippen molar-refractivity contribution in [1.82, 2.24) is 10.2 Å². The molecule has 3 saturated carbocycles. The zero-order valence-electron chi connectivity index (χ0n) is 13.8. The van der Waals surface area contributed by atoms with E-state index in [1.807, 2.05) is 0 Å². The third-order valence-corrected chi connectivity index (χ3v) is 7.00. The van der Waals surface area contributed by atoms with Gasteiger partial charge in [0, 0.05) is 25.2 Å². The zero-order chi connectivity index (χ0) is 14.1. The molecule has 0 bridgehead atoms. The minimum atomic E-state index is 0.797. The maximum Gasteiger partial charge on any atom is 0.0195 e. The Morgan fingerprint density at radius 3 is 2.19 bits per heavy atom. The molecule has 1 N–H and O–H groups in total. The van der Waals surface area contributed by atoms with Crippen LogP contribution < -0.4 is 5.32 Å². The molecule has 21 heavy (non-hydrogen) atoms. The summed E-state index contributed by atoms with van der Waals surface area (Å²) >= 11 is 0. The second kappa shape index (κ2) is 6.20. The summed E-state index contributed by atoms with van der Waals surface area (Å²) in [6.45, 7) is 4.01. The molecular weight excluding hydrogens is 256 g/mol. The normalized spacial score (nSPS) is 33.3. The lowest BCUT2D eigenvalue weighted by molar-refractivity contribution is 0.0818. The fourth-order valence-electron chi connectivity index (χ4n) is 5.41. The molecule has 120 valence electrons. The van der Waals surface area contributed by atoms with Gasteiger partial charge in [0.05, 0.1) is 0 Å². The van der Waals surface area contributed by atoms with Crippen LogP contribution in [0.5, 0.6) is 0 Å². The third-order valence-electron chi connectivity index (χ3n) is 7.00. The highest BCUT2D eigenvalue weighted by Gasteiger charge is 2.40. The van der Waals surface area contributed by atoms with Crippen molar-refractivity contribution in [3.05, 3.63) is 0 Å². The summed E-state index contributed by atoms with van der Waals surface area (Å²) in [6.07, 6.45) is 18.0. The van der Waals surface area contributed by atoms with Gasteiger partial charge in [-0.15, -0.1) is 0 Å². The Labute approximate surface area is 131 Å². The molecule has 0 radical (unpaired) electrons. The number of hydrogen-bond donors (Lipinski definition) is 1. The Morgan fingerprint density at radius 1 is 0.810 bits per heavy atom. The quantitative estimate of drug-likeness (QED) is 0.824. The molecule has 2 nitrogen and oxygen atoms in total. The zero-order valence-corrected chi connectivity index (χ0v) is 13.8. The molecule has 4 rings (SSSR count). The Bertz CT molecular complexity index is 327. The van der Waals surface area contributed by atoms with E-state index in [-0.39, 0.29) is 0 Å². The van der Waals surface area contributed by atoms with E-state index in [2.05, 4.69) is 10.2 Å². The second-order valence-corrected chi connectivity index (χ2v) is 8.63. The van der Waals surface area contributed by atoms with Gasteiger partial charge in [0.15, 0.2) is 0 Å². The van der Waals surface area contributed by atoms with Crippen molar-refractivity contribution in [2.45, 2.75) is 89.1 Å². The van der Waals surface area contributed by atoms with E-state index in [9.17, 15) is 0 Å². The van der Waals surface area contributed by atoms with E-state index < -0.39 is 0 Å². The van der Waals surface area contributed by atoms with Crippen molar-refractivity contribution >= 4 is 0 Å². The molecule has 4 fully saturated rings. The minimum absolute atomic E-state index is 0.797. The van der Waals surface area contributed by atoms with E-state index in [4.69, 9.17) is 0 Å². The Hall–Kier alpha value is -0.0800. The van der Waals surface area contributed by atoms with Gasteiger partial charge in [0.2, 0.25) is 0 Å². The first kappa shape index (κ1) is 14.5. The van der Waals surface area contributed by atoms with Crippen molar-refractivity contribution in [3.63, 3.8) is 0 Å². The molecule has 1 saturated heterocycles. The third kappa shape index (κ3) is 3.47. The highest BCUT2D eigenvalue weighted by molar-refractivity contribution is 4.94. The number of rotatable bonds is 5. The van der Waals surface area contributed by atoms with Crippen LogP contribution in [0.25, 0.3) is 0 Å². The van der Waals surface area contributed by atoms with Crippen LogP contribution >= 0.6 is 0 Å². The van der Waals surface area contributed by atoms with Crippen LogP contribution in [0.4, 0.5) is 0 Å². The Balaban J connectivity index is 1.34. The molecule has 1 atom stereocenters. The van der Waals surface area contributed by atoms with Crippen molar-refractivity contribution in [3.8, 4) is 0 Å². The molecule has 2 heteroatoms. The molecule has 3 aliphatic carbocycles. The lowest BCUT2D eigenvalue weighted by atomic mass is 9.71. The van der Waals surface area contributed by atoms with Crippen LogP contribution in [0.1, 0.15) is 77.0 Å². The van der Waals surface area contributed by atoms with Crippen LogP contribution in [0.2, 0.25) is 0 Å². The molecule has 0 aromatic heterocycles. The van der Waals surface area contributed by atoms with Gasteiger partial charge in [0.1, 0.15) is 0 Å². The van der Waals surface area contributed by atoms with Crippen molar-refractivity contribution in [2.24, 2.45) is 11.3 Å². The van der Waals surface area contributed by atoms with Crippen LogP contribution in [-0.2, 0) is 0 Å². The molecule has 1 unspecified atom stereocenters. The van der Waals surface area contributed by atoms with Crippen molar-refractivity contribution in [2.75, 3.05) is 19.6 Å². The SMILES string of the molecule is C1CNC(CN(CC2CC2)C2CCC3(CCCC3)CC2)C1. The van der Waals surface area contributed by atoms with E-state index in [1.165, 1.54) is 83.8 Å². The van der Waals surface area contributed by atoms with Gasteiger partial charge >= 0.3 is 0 Å². The lowest BCUT2D eigenvalue weighted by Crippen LogP contribution is -2.46. The average Bonchev–Trinajstić information content (AvgIpc) is 2.98. The number of nitrogens with one attached hydrogen (secondary N) is 1. The van der Waals surface area contributed by atoms with Gasteiger partial charge in [-0.1, -0.05) is 12.8 Å². The summed E-state index contributed by atoms with van der Waals surface area (Å²) in [5.41, 5.74) is 0.799. The molecule has 1 aliphatic heterocycles. The first-order valence-electron chi connectivity index (χ1n) is 9.80. The highest BCUT2D eigenvalue weighted by atomic mass is 15.2. The predicted octanol–water partition coefficient (Wildman–Crippen LogP) is 3.95. The smallest absolute Gasteiger partial charge is 0.0195 e. The second-order valence-electron chi connectivity index (χ2n) is 8.63. The van der Waals surface area contributed by atoms with Crippen LogP contribution in [-0.4, -0.2) is 36.6 Å². The Morgan fingerprint density at radius 2 is 1.57 bits per heavy atom. The summed E-state index contributed by atoms with van der Waals surface area (Å²) in [5, 5.41) is 3.73. The topological polar surface area (TPSA) is 15.3 Å². The lowest BCUT2D eigenvalue weighted by Gasteiger charge is -2.42. The number of nitrogens with zero attached hydrogens (tertiary/aromatic N) is 1. The molecular formula is C19H34N2. The summed E-state index contributed by atoms with van der Waals surface area (Å²) in [7, 11) is 0. The molecule has 0 amide bonds. The standard InChI is InChI=1S/C19H34N2/c1-2-10-19(9-1)11-7-18(8-12-19)21(14-16-5-6-16)15-17-4-3-13-20-17/h16-18,20H,1-15H2. The Kier molecular flexibility index (Phi) is 4.28. The van der Waals surface area contributed by atoms with E-state index in [1.54, 1.807) is 12.8 Å². The fourth-order valence-corrected chi connectivity index (χ4v) is 5.41. The molecule has 0 aromatic rings. The van der Waals surface area contributed by atoms with Crippen molar-refractivity contribution < 1.29 is 0 Å². The number of hydrogen-bond acceptors (Lipinski definition) is 2. The largest absolute Gasteiger partial charge is 0.313 e. The van der Waals surface area contributed by atoms with Crippen molar-refractivity contribution in [1.29, 1.82) is 0 Å². The molecule has 1 spiro atoms. The van der Waals surface area contributed by atoms with Gasteiger partial charge in [0.25, 0.3) is 0 Å². The van der Waals surface area contributed by atoms with Crippen LogP contribution in [0, 0.1) is 11.3 Å². The van der Waals surface area contributed by atoms with Gasteiger partial charge < -0.3 is 5.32 Å². The average molecular weight is 290 g/mol. The van der Waals surface area contributed by atoms with E-state index in [0.717, 1.165) is 23.4 Å². The van der Waals surface area contributed by atoms with Gasteiger partial charge in [-0.05, 0) is 82.1 Å². The van der Waals surface area contributed by atoms with Gasteiger partial charge in [-0.25, -0.2) is 0 Å². The first-order valence-corrected chi connectivity index (χ1v) is 9.80. The fraction of sp³-hybridized carbons (Fsp3) is 1.00. The molecule has 4 aliphatic rings. The van der Waals surface area contributed by atoms with Gasteiger partial charge in [-0.3, -0.25) is 4.90 Å². The van der Waals surface area contributed by atoms with Crippen LogP contribution in [0.15, 0.2) is 0 Å². The minimum Gasteiger partial charge on any atom is -0.313 e. The molecule has 0 aromatic carbocycles. The summed E-state index contributed by atoms with van der Waals surface area (Å²) in [4.78, 5) is 2.92. The maximum atomic E-state index is 3.73. The van der Waals surface area contributed by atoms with Gasteiger partial charge in [-0.2, -0.15) is 0 Å². The molecule has 1 heterocycles. The van der Waals surface area contributed by atoms with E-state index >= 15 is 0 Å². The summed E-state index contributed by atoms with van der Waals surface area (Å²) in [6, 6.07) is 1.71. The first-order chi connectivity index (χ1) is 10.3. The summed E-state index contributed by atoms with van der Waals surface area (Å²) in [5.74, 6) is 1.05. The van der Waals surface area contributed by atoms with Crippen LogP contribution in [0.3, 0.4) is 0 Å². The highest BCUT2D eigenvalue weighted by Crippen LogP contribution is 2.49. The monoisotopic (exact) mass is 290 g/mol. The summed E-state index contributed by atoms with van der Waals surface area (Å²) < 4.78 is 0. The maximum absolute atomic E-state index is 3.73.